The number of anilines is 1. The number of nitrogens with one attached hydrogen (secondary N) is 1. The Morgan fingerprint density at radius 2 is 2.22 bits per heavy atom. The van der Waals surface area contributed by atoms with Crippen molar-refractivity contribution >= 4 is 5.82 Å². The van der Waals surface area contributed by atoms with Gasteiger partial charge in [0.1, 0.15) is 12.1 Å². The fraction of sp³-hybridized carbons (Fsp3) is 0.733. The normalized spacial score (nSPS) is 23.9. The molecule has 1 aromatic rings. The third-order valence-corrected chi connectivity index (χ3v) is 3.85. The van der Waals surface area contributed by atoms with Crippen LogP contribution < -0.4 is 5.32 Å². The Hall–Kier alpha value is -1.12. The molecule has 3 nitrogen and oxygen atoms in total. The van der Waals surface area contributed by atoms with Gasteiger partial charge in [-0.25, -0.2) is 9.97 Å². The van der Waals surface area contributed by atoms with Crippen LogP contribution in [0.15, 0.2) is 12.4 Å². The lowest BCUT2D eigenvalue weighted by Gasteiger charge is -2.26. The maximum absolute atomic E-state index is 4.30. The summed E-state index contributed by atoms with van der Waals surface area (Å²) in [5.41, 5.74) is 1.15. The average Bonchev–Trinajstić information content (AvgIpc) is 2.37. The molecule has 100 valence electrons. The molecule has 0 radical (unpaired) electrons. The molecule has 1 aliphatic carbocycles. The third kappa shape index (κ3) is 3.97. The van der Waals surface area contributed by atoms with Crippen molar-refractivity contribution in [3.63, 3.8) is 0 Å². The molecular formula is C15H25N3. The van der Waals surface area contributed by atoms with E-state index in [4.69, 9.17) is 0 Å². The zero-order valence-corrected chi connectivity index (χ0v) is 11.7. The summed E-state index contributed by atoms with van der Waals surface area (Å²) >= 11 is 0. The van der Waals surface area contributed by atoms with Gasteiger partial charge in [0.25, 0.3) is 0 Å². The molecule has 1 aliphatic rings. The van der Waals surface area contributed by atoms with Crippen molar-refractivity contribution in [3.05, 3.63) is 18.1 Å². The summed E-state index contributed by atoms with van der Waals surface area (Å²) in [6.45, 7) is 5.61. The van der Waals surface area contributed by atoms with E-state index < -0.39 is 0 Å². The predicted octanol–water partition coefficient (Wildman–Crippen LogP) is 3.67. The van der Waals surface area contributed by atoms with Gasteiger partial charge in [-0.05, 0) is 31.1 Å². The standard InChI is InChI=1S/C15H25N3/c1-3-5-14-9-15(18-11-17-14)16-10-13-7-4-6-12(2)8-13/h9,11-13H,3-8,10H2,1-2H3,(H,16,17,18). The van der Waals surface area contributed by atoms with Gasteiger partial charge in [-0.15, -0.1) is 0 Å². The minimum atomic E-state index is 0.818. The molecule has 2 atom stereocenters. The maximum atomic E-state index is 4.30. The lowest BCUT2D eigenvalue weighted by Crippen LogP contribution is -2.21. The molecular weight excluding hydrogens is 222 g/mol. The molecule has 0 saturated heterocycles. The van der Waals surface area contributed by atoms with Gasteiger partial charge in [0.2, 0.25) is 0 Å². The van der Waals surface area contributed by atoms with Gasteiger partial charge in [-0.1, -0.05) is 33.1 Å². The van der Waals surface area contributed by atoms with E-state index in [0.29, 0.717) is 0 Å². The summed E-state index contributed by atoms with van der Waals surface area (Å²) in [5, 5.41) is 3.48. The predicted molar refractivity (Wildman–Crippen MR) is 75.6 cm³/mol. The van der Waals surface area contributed by atoms with Crippen molar-refractivity contribution in [2.45, 2.75) is 52.4 Å². The quantitative estimate of drug-likeness (QED) is 0.862. The lowest BCUT2D eigenvalue weighted by atomic mass is 9.82. The highest BCUT2D eigenvalue weighted by atomic mass is 15.0. The van der Waals surface area contributed by atoms with Gasteiger partial charge in [0, 0.05) is 18.3 Å². The van der Waals surface area contributed by atoms with Crippen LogP contribution in [-0.2, 0) is 6.42 Å². The fourth-order valence-electron chi connectivity index (χ4n) is 2.88. The summed E-state index contributed by atoms with van der Waals surface area (Å²) < 4.78 is 0. The molecule has 18 heavy (non-hydrogen) atoms. The van der Waals surface area contributed by atoms with Gasteiger partial charge in [0.15, 0.2) is 0 Å². The second-order valence-corrected chi connectivity index (χ2v) is 5.66. The van der Waals surface area contributed by atoms with Gasteiger partial charge >= 0.3 is 0 Å². The first-order valence-electron chi connectivity index (χ1n) is 7.32. The molecule has 1 heterocycles. The van der Waals surface area contributed by atoms with Crippen molar-refractivity contribution in [2.75, 3.05) is 11.9 Å². The zero-order valence-electron chi connectivity index (χ0n) is 11.7. The van der Waals surface area contributed by atoms with Crippen LogP contribution >= 0.6 is 0 Å². The first kappa shape index (κ1) is 13.3. The number of aryl methyl sites for hydroxylation is 1. The van der Waals surface area contributed by atoms with Gasteiger partial charge < -0.3 is 5.32 Å². The Kier molecular flexibility index (Phi) is 4.97. The van der Waals surface area contributed by atoms with Crippen LogP contribution in [0.25, 0.3) is 0 Å². The Labute approximate surface area is 110 Å². The lowest BCUT2D eigenvalue weighted by molar-refractivity contribution is 0.293. The van der Waals surface area contributed by atoms with E-state index in [0.717, 1.165) is 42.7 Å². The Morgan fingerprint density at radius 1 is 1.33 bits per heavy atom. The molecule has 0 aromatic carbocycles. The van der Waals surface area contributed by atoms with Crippen LogP contribution in [0.5, 0.6) is 0 Å². The van der Waals surface area contributed by atoms with E-state index in [-0.39, 0.29) is 0 Å². The summed E-state index contributed by atoms with van der Waals surface area (Å²) in [6, 6.07) is 2.09. The van der Waals surface area contributed by atoms with E-state index >= 15 is 0 Å². The van der Waals surface area contributed by atoms with Crippen molar-refractivity contribution in [1.82, 2.24) is 9.97 Å². The topological polar surface area (TPSA) is 37.8 Å². The SMILES string of the molecule is CCCc1cc(NCC2CCCC(C)C2)ncn1. The van der Waals surface area contributed by atoms with Crippen LogP contribution in [0.2, 0.25) is 0 Å². The minimum absolute atomic E-state index is 0.818. The van der Waals surface area contributed by atoms with E-state index in [9.17, 15) is 0 Å². The second-order valence-electron chi connectivity index (χ2n) is 5.66. The number of nitrogens with zero attached hydrogens (tertiary/aromatic N) is 2. The number of rotatable bonds is 5. The summed E-state index contributed by atoms with van der Waals surface area (Å²) in [7, 11) is 0. The molecule has 0 amide bonds. The Morgan fingerprint density at radius 3 is 3.00 bits per heavy atom. The third-order valence-electron chi connectivity index (χ3n) is 3.85. The van der Waals surface area contributed by atoms with Gasteiger partial charge in [-0.2, -0.15) is 0 Å². The molecule has 0 aliphatic heterocycles. The van der Waals surface area contributed by atoms with E-state index in [2.05, 4.69) is 35.2 Å². The molecule has 1 N–H and O–H groups in total. The van der Waals surface area contributed by atoms with Crippen LogP contribution in [0, 0.1) is 11.8 Å². The maximum Gasteiger partial charge on any atom is 0.129 e. The van der Waals surface area contributed by atoms with Crippen LogP contribution in [0.4, 0.5) is 5.82 Å². The number of hydrogen-bond acceptors (Lipinski definition) is 3. The summed E-state index contributed by atoms with van der Waals surface area (Å²) in [5.74, 6) is 2.71. The molecule has 1 saturated carbocycles. The zero-order chi connectivity index (χ0) is 12.8. The van der Waals surface area contributed by atoms with Crippen molar-refractivity contribution < 1.29 is 0 Å². The molecule has 2 rings (SSSR count). The number of aromatic nitrogens is 2. The fourth-order valence-corrected chi connectivity index (χ4v) is 2.88. The van der Waals surface area contributed by atoms with Crippen molar-refractivity contribution in [1.29, 1.82) is 0 Å². The van der Waals surface area contributed by atoms with E-state index in [1.807, 2.05) is 0 Å². The molecule has 0 bridgehead atoms. The molecule has 3 heteroatoms. The van der Waals surface area contributed by atoms with E-state index in [1.165, 1.54) is 25.7 Å². The second kappa shape index (κ2) is 6.72. The smallest absolute Gasteiger partial charge is 0.129 e. The Balaban J connectivity index is 1.83. The highest BCUT2D eigenvalue weighted by Crippen LogP contribution is 2.28. The van der Waals surface area contributed by atoms with Crippen LogP contribution in [0.1, 0.15) is 51.6 Å². The molecule has 1 aromatic heterocycles. The molecule has 2 unspecified atom stereocenters. The molecule has 0 spiro atoms. The van der Waals surface area contributed by atoms with Gasteiger partial charge in [0.05, 0.1) is 0 Å². The first-order chi connectivity index (χ1) is 8.78. The first-order valence-corrected chi connectivity index (χ1v) is 7.32. The minimum Gasteiger partial charge on any atom is -0.370 e. The van der Waals surface area contributed by atoms with Crippen molar-refractivity contribution in [3.8, 4) is 0 Å². The van der Waals surface area contributed by atoms with Crippen molar-refractivity contribution in [2.24, 2.45) is 11.8 Å². The average molecular weight is 247 g/mol. The Bertz CT molecular complexity index is 365. The van der Waals surface area contributed by atoms with Gasteiger partial charge in [-0.3, -0.25) is 0 Å². The monoisotopic (exact) mass is 247 g/mol. The highest BCUT2D eigenvalue weighted by Gasteiger charge is 2.18. The molecule has 1 fully saturated rings. The number of hydrogen-bond donors (Lipinski definition) is 1. The van der Waals surface area contributed by atoms with E-state index in [1.54, 1.807) is 6.33 Å². The van der Waals surface area contributed by atoms with Crippen LogP contribution in [-0.4, -0.2) is 16.5 Å². The summed E-state index contributed by atoms with van der Waals surface area (Å²) in [4.78, 5) is 8.59. The highest BCUT2D eigenvalue weighted by molar-refractivity contribution is 5.34. The summed E-state index contributed by atoms with van der Waals surface area (Å²) in [6.07, 6.45) is 9.37. The van der Waals surface area contributed by atoms with Crippen LogP contribution in [0.3, 0.4) is 0 Å². The largest absolute Gasteiger partial charge is 0.370 e.